The van der Waals surface area contributed by atoms with E-state index in [2.05, 4.69) is 4.90 Å². The van der Waals surface area contributed by atoms with Gasteiger partial charge in [0, 0.05) is 20.1 Å². The molecule has 1 heterocycles. The van der Waals surface area contributed by atoms with Crippen LogP contribution < -0.4 is 0 Å². The number of hydrogen-bond donors (Lipinski definition) is 1. The summed E-state index contributed by atoms with van der Waals surface area (Å²) >= 11 is 0. The Morgan fingerprint density at radius 2 is 1.86 bits per heavy atom. The van der Waals surface area contributed by atoms with E-state index in [-0.39, 0.29) is 0 Å². The molecule has 0 aromatic heterocycles. The summed E-state index contributed by atoms with van der Waals surface area (Å²) in [5.41, 5.74) is 0.946. The van der Waals surface area contributed by atoms with Crippen molar-refractivity contribution in [3.8, 4) is 0 Å². The van der Waals surface area contributed by atoms with E-state index in [1.807, 2.05) is 30.3 Å². The molecule has 1 aliphatic heterocycles. The lowest BCUT2D eigenvalue weighted by molar-refractivity contribution is 0.0869. The fourth-order valence-electron chi connectivity index (χ4n) is 2.88. The molecule has 6 heteroatoms. The Labute approximate surface area is 133 Å². The SMILES string of the molecule is CN(CC1CCN(CC(O)c2ccccc2)CC1)S(C)(=O)=O. The number of benzene rings is 1. The van der Waals surface area contributed by atoms with Crippen molar-refractivity contribution in [1.82, 2.24) is 9.21 Å². The van der Waals surface area contributed by atoms with Gasteiger partial charge in [-0.15, -0.1) is 0 Å². The Kier molecular flexibility index (Phi) is 5.97. The highest BCUT2D eigenvalue weighted by Gasteiger charge is 2.24. The molecule has 0 bridgehead atoms. The van der Waals surface area contributed by atoms with Crippen LogP contribution in [-0.2, 0) is 10.0 Å². The molecule has 0 radical (unpaired) electrons. The molecular formula is C16H26N2O3S. The van der Waals surface area contributed by atoms with Crippen LogP contribution in [0.2, 0.25) is 0 Å². The van der Waals surface area contributed by atoms with Crippen LogP contribution in [0.3, 0.4) is 0 Å². The number of piperidine rings is 1. The number of aliphatic hydroxyl groups is 1. The fraction of sp³-hybridized carbons (Fsp3) is 0.625. The van der Waals surface area contributed by atoms with Gasteiger partial charge in [-0.25, -0.2) is 12.7 Å². The molecule has 5 nitrogen and oxygen atoms in total. The van der Waals surface area contributed by atoms with Crippen LogP contribution in [0.1, 0.15) is 24.5 Å². The maximum atomic E-state index is 11.5. The van der Waals surface area contributed by atoms with Crippen molar-refractivity contribution in [3.63, 3.8) is 0 Å². The Morgan fingerprint density at radius 3 is 2.41 bits per heavy atom. The first-order valence-electron chi connectivity index (χ1n) is 7.73. The summed E-state index contributed by atoms with van der Waals surface area (Å²) in [6, 6.07) is 9.70. The monoisotopic (exact) mass is 326 g/mol. The highest BCUT2D eigenvalue weighted by atomic mass is 32.2. The summed E-state index contributed by atoms with van der Waals surface area (Å²) in [6.07, 6.45) is 2.73. The summed E-state index contributed by atoms with van der Waals surface area (Å²) in [6.45, 7) is 3.05. The first kappa shape index (κ1) is 17.4. The first-order valence-corrected chi connectivity index (χ1v) is 9.58. The molecule has 0 amide bonds. The largest absolute Gasteiger partial charge is 0.387 e. The summed E-state index contributed by atoms with van der Waals surface area (Å²) in [7, 11) is -1.45. The zero-order valence-corrected chi connectivity index (χ0v) is 14.2. The average Bonchev–Trinajstić information content (AvgIpc) is 2.49. The molecule has 124 valence electrons. The fourth-order valence-corrected chi connectivity index (χ4v) is 3.36. The van der Waals surface area contributed by atoms with E-state index >= 15 is 0 Å². The molecule has 1 aliphatic rings. The normalized spacial score (nSPS) is 19.5. The minimum absolute atomic E-state index is 0.407. The van der Waals surface area contributed by atoms with Crippen LogP contribution in [0.25, 0.3) is 0 Å². The third-order valence-electron chi connectivity index (χ3n) is 4.40. The predicted molar refractivity (Wildman–Crippen MR) is 88.0 cm³/mol. The Bertz CT molecular complexity index is 554. The topological polar surface area (TPSA) is 60.9 Å². The lowest BCUT2D eigenvalue weighted by atomic mass is 9.96. The number of sulfonamides is 1. The number of β-amino-alcohol motifs (C(OH)–C–C–N with tert-alkyl or cyclic N) is 1. The minimum atomic E-state index is -3.09. The van der Waals surface area contributed by atoms with Crippen molar-refractivity contribution in [2.45, 2.75) is 18.9 Å². The van der Waals surface area contributed by atoms with Gasteiger partial charge in [-0.1, -0.05) is 30.3 Å². The van der Waals surface area contributed by atoms with Gasteiger partial charge in [0.1, 0.15) is 0 Å². The third kappa shape index (κ3) is 5.05. The quantitative estimate of drug-likeness (QED) is 0.856. The standard InChI is InChI=1S/C16H26N2O3S/c1-17(22(2,20)21)12-14-8-10-18(11-9-14)13-16(19)15-6-4-3-5-7-15/h3-7,14,16,19H,8-13H2,1-2H3. The first-order chi connectivity index (χ1) is 10.4. The number of hydrogen-bond acceptors (Lipinski definition) is 4. The zero-order chi connectivity index (χ0) is 16.2. The number of likely N-dealkylation sites (tertiary alicyclic amines) is 1. The number of nitrogens with zero attached hydrogens (tertiary/aromatic N) is 2. The van der Waals surface area contributed by atoms with Gasteiger partial charge < -0.3 is 10.0 Å². The van der Waals surface area contributed by atoms with E-state index in [0.29, 0.717) is 19.0 Å². The van der Waals surface area contributed by atoms with Gasteiger partial charge >= 0.3 is 0 Å². The van der Waals surface area contributed by atoms with Crippen LogP contribution in [0, 0.1) is 5.92 Å². The van der Waals surface area contributed by atoms with Crippen LogP contribution in [0.5, 0.6) is 0 Å². The van der Waals surface area contributed by atoms with E-state index in [0.717, 1.165) is 31.5 Å². The Morgan fingerprint density at radius 1 is 1.27 bits per heavy atom. The summed E-state index contributed by atoms with van der Waals surface area (Å²) < 4.78 is 24.3. The lowest BCUT2D eigenvalue weighted by Crippen LogP contribution is -2.40. The molecule has 2 rings (SSSR count). The Balaban J connectivity index is 1.78. The van der Waals surface area contributed by atoms with Crippen LogP contribution in [-0.4, -0.2) is 62.2 Å². The van der Waals surface area contributed by atoms with E-state index in [1.165, 1.54) is 10.6 Å². The third-order valence-corrected chi connectivity index (χ3v) is 5.69. The molecule has 0 spiro atoms. The maximum absolute atomic E-state index is 11.5. The van der Waals surface area contributed by atoms with Gasteiger partial charge in [0.05, 0.1) is 12.4 Å². The van der Waals surface area contributed by atoms with Crippen molar-refractivity contribution < 1.29 is 13.5 Å². The van der Waals surface area contributed by atoms with E-state index in [4.69, 9.17) is 0 Å². The maximum Gasteiger partial charge on any atom is 0.210 e. The van der Waals surface area contributed by atoms with Crippen LogP contribution in [0.15, 0.2) is 30.3 Å². The van der Waals surface area contributed by atoms with Crippen molar-refractivity contribution in [2.75, 3.05) is 39.5 Å². The molecule has 1 aromatic rings. The van der Waals surface area contributed by atoms with Gasteiger partial charge in [-0.05, 0) is 37.4 Å². The zero-order valence-electron chi connectivity index (χ0n) is 13.4. The van der Waals surface area contributed by atoms with Crippen molar-refractivity contribution >= 4 is 10.0 Å². The molecule has 0 saturated carbocycles. The van der Waals surface area contributed by atoms with E-state index < -0.39 is 16.1 Å². The molecule has 22 heavy (non-hydrogen) atoms. The highest BCUT2D eigenvalue weighted by Crippen LogP contribution is 2.21. The van der Waals surface area contributed by atoms with E-state index in [1.54, 1.807) is 7.05 Å². The molecule has 1 atom stereocenters. The van der Waals surface area contributed by atoms with Gasteiger partial charge in [-0.2, -0.15) is 0 Å². The second-order valence-corrected chi connectivity index (χ2v) is 8.30. The predicted octanol–water partition coefficient (Wildman–Crippen LogP) is 1.32. The van der Waals surface area contributed by atoms with Crippen molar-refractivity contribution in [2.24, 2.45) is 5.92 Å². The average molecular weight is 326 g/mol. The van der Waals surface area contributed by atoms with Gasteiger partial charge in [-0.3, -0.25) is 0 Å². The van der Waals surface area contributed by atoms with Gasteiger partial charge in [0.25, 0.3) is 0 Å². The second kappa shape index (κ2) is 7.55. The lowest BCUT2D eigenvalue weighted by Gasteiger charge is -2.34. The summed E-state index contributed by atoms with van der Waals surface area (Å²) in [4.78, 5) is 2.26. The van der Waals surface area contributed by atoms with Crippen LogP contribution in [0.4, 0.5) is 0 Å². The molecule has 1 unspecified atom stereocenters. The molecule has 0 aliphatic carbocycles. The second-order valence-electron chi connectivity index (χ2n) is 6.21. The summed E-state index contributed by atoms with van der Waals surface area (Å²) in [5, 5.41) is 10.3. The smallest absolute Gasteiger partial charge is 0.210 e. The van der Waals surface area contributed by atoms with Crippen molar-refractivity contribution in [3.05, 3.63) is 35.9 Å². The number of rotatable bonds is 6. The van der Waals surface area contributed by atoms with E-state index in [9.17, 15) is 13.5 Å². The molecule has 1 N–H and O–H groups in total. The Hall–Kier alpha value is -0.950. The number of aliphatic hydroxyl groups excluding tert-OH is 1. The molecular weight excluding hydrogens is 300 g/mol. The molecule has 1 aromatic carbocycles. The highest BCUT2D eigenvalue weighted by molar-refractivity contribution is 7.88. The summed E-state index contributed by atoms with van der Waals surface area (Å²) in [5.74, 6) is 0.407. The van der Waals surface area contributed by atoms with Gasteiger partial charge in [0.2, 0.25) is 10.0 Å². The van der Waals surface area contributed by atoms with Gasteiger partial charge in [0.15, 0.2) is 0 Å². The van der Waals surface area contributed by atoms with Crippen LogP contribution >= 0.6 is 0 Å². The minimum Gasteiger partial charge on any atom is -0.387 e. The van der Waals surface area contributed by atoms with Crippen molar-refractivity contribution in [1.29, 1.82) is 0 Å². The molecule has 1 saturated heterocycles. The molecule has 1 fully saturated rings.